The molecule has 1 N–H and O–H groups in total. The molecule has 1 aromatic heterocycles. The third-order valence-electron chi connectivity index (χ3n) is 2.48. The van der Waals surface area contributed by atoms with Crippen molar-refractivity contribution >= 4 is 0 Å². The minimum absolute atomic E-state index is 0.318. The van der Waals surface area contributed by atoms with Gasteiger partial charge in [0, 0.05) is 6.54 Å². The first-order valence-corrected chi connectivity index (χ1v) is 5.75. The van der Waals surface area contributed by atoms with Gasteiger partial charge in [0.1, 0.15) is 5.69 Å². The molecular formula is C12H22N2O. The monoisotopic (exact) mass is 210 g/mol. The topological polar surface area (TPSA) is 38.0 Å². The Morgan fingerprint density at radius 3 is 2.20 bits per heavy atom. The summed E-state index contributed by atoms with van der Waals surface area (Å²) < 4.78 is 1.91. The summed E-state index contributed by atoms with van der Waals surface area (Å²) >= 11 is 0. The van der Waals surface area contributed by atoms with Crippen molar-refractivity contribution in [3.05, 3.63) is 11.4 Å². The quantitative estimate of drug-likeness (QED) is 0.829. The minimum atomic E-state index is 0.318. The highest BCUT2D eigenvalue weighted by molar-refractivity contribution is 5.34. The molecule has 0 saturated carbocycles. The second-order valence-corrected chi connectivity index (χ2v) is 4.75. The van der Waals surface area contributed by atoms with E-state index in [2.05, 4.69) is 39.7 Å². The van der Waals surface area contributed by atoms with Crippen molar-refractivity contribution in [3.8, 4) is 5.75 Å². The molecule has 0 saturated heterocycles. The van der Waals surface area contributed by atoms with Crippen molar-refractivity contribution in [1.29, 1.82) is 0 Å². The molecule has 1 heterocycles. The van der Waals surface area contributed by atoms with E-state index < -0.39 is 0 Å². The molecule has 0 spiro atoms. The van der Waals surface area contributed by atoms with Gasteiger partial charge in [0.25, 0.3) is 0 Å². The van der Waals surface area contributed by atoms with Crippen molar-refractivity contribution in [2.45, 2.75) is 53.5 Å². The highest BCUT2D eigenvalue weighted by Gasteiger charge is 2.19. The molecule has 0 fully saturated rings. The van der Waals surface area contributed by atoms with Crippen LogP contribution in [0.4, 0.5) is 0 Å². The Bertz CT molecular complexity index is 327. The van der Waals surface area contributed by atoms with Crippen LogP contribution in [0.3, 0.4) is 0 Å². The van der Waals surface area contributed by atoms with Crippen molar-refractivity contribution in [3.63, 3.8) is 0 Å². The lowest BCUT2D eigenvalue weighted by molar-refractivity contribution is 0.450. The van der Waals surface area contributed by atoms with Crippen molar-refractivity contribution < 1.29 is 5.11 Å². The maximum Gasteiger partial charge on any atom is 0.160 e. The molecule has 3 heteroatoms. The summed E-state index contributed by atoms with van der Waals surface area (Å²) in [6.45, 7) is 11.3. The predicted molar refractivity (Wildman–Crippen MR) is 62.2 cm³/mol. The molecule has 0 aliphatic carbocycles. The van der Waals surface area contributed by atoms with Gasteiger partial charge in [0.15, 0.2) is 5.75 Å². The second-order valence-electron chi connectivity index (χ2n) is 4.75. The summed E-state index contributed by atoms with van der Waals surface area (Å²) in [6.07, 6.45) is 0.846. The molecule has 0 amide bonds. The Morgan fingerprint density at radius 2 is 1.87 bits per heavy atom. The molecule has 86 valence electrons. The van der Waals surface area contributed by atoms with Crippen LogP contribution in [-0.4, -0.2) is 14.9 Å². The van der Waals surface area contributed by atoms with Crippen LogP contribution in [0.1, 0.15) is 51.9 Å². The fourth-order valence-electron chi connectivity index (χ4n) is 1.85. The Kier molecular flexibility index (Phi) is 3.77. The Labute approximate surface area is 92.1 Å². The van der Waals surface area contributed by atoms with Gasteiger partial charge in [-0.15, -0.1) is 0 Å². The van der Waals surface area contributed by atoms with Crippen LogP contribution in [0.15, 0.2) is 0 Å². The first kappa shape index (κ1) is 12.1. The van der Waals surface area contributed by atoms with Gasteiger partial charge in [0.2, 0.25) is 0 Å². The van der Waals surface area contributed by atoms with E-state index in [0.717, 1.165) is 24.4 Å². The van der Waals surface area contributed by atoms with Crippen molar-refractivity contribution in [1.82, 2.24) is 9.78 Å². The van der Waals surface area contributed by atoms with Crippen LogP contribution in [-0.2, 0) is 13.0 Å². The van der Waals surface area contributed by atoms with Gasteiger partial charge in [-0.1, -0.05) is 27.7 Å². The zero-order valence-corrected chi connectivity index (χ0v) is 10.4. The molecular weight excluding hydrogens is 188 g/mol. The number of aryl methyl sites for hydroxylation is 1. The van der Waals surface area contributed by atoms with E-state index in [4.69, 9.17) is 0 Å². The van der Waals surface area contributed by atoms with E-state index in [0.29, 0.717) is 17.6 Å². The lowest BCUT2D eigenvalue weighted by atomic mass is 10.0. The van der Waals surface area contributed by atoms with Crippen molar-refractivity contribution in [2.24, 2.45) is 5.92 Å². The number of aromatic nitrogens is 2. The lowest BCUT2D eigenvalue weighted by Crippen LogP contribution is -2.04. The van der Waals surface area contributed by atoms with E-state index in [1.807, 2.05) is 4.68 Å². The highest BCUT2D eigenvalue weighted by Crippen LogP contribution is 2.30. The van der Waals surface area contributed by atoms with Crippen molar-refractivity contribution in [2.75, 3.05) is 0 Å². The van der Waals surface area contributed by atoms with Crippen LogP contribution in [0, 0.1) is 5.92 Å². The normalized spacial score (nSPS) is 11.7. The average molecular weight is 210 g/mol. The number of nitrogens with zero attached hydrogens (tertiary/aromatic N) is 2. The van der Waals surface area contributed by atoms with Crippen LogP contribution >= 0.6 is 0 Å². The Hall–Kier alpha value is -0.990. The molecule has 0 atom stereocenters. The minimum Gasteiger partial charge on any atom is -0.504 e. The van der Waals surface area contributed by atoms with Gasteiger partial charge in [-0.2, -0.15) is 5.10 Å². The standard InChI is InChI=1S/C12H22N2O/c1-6-14-11(9(4)5)12(15)10(13-14)7-8(2)3/h8-9,15H,6-7H2,1-5H3. The SMILES string of the molecule is CCn1nc(CC(C)C)c(O)c1C(C)C. The first-order valence-electron chi connectivity index (χ1n) is 5.75. The summed E-state index contributed by atoms with van der Waals surface area (Å²) in [5, 5.41) is 14.5. The summed E-state index contributed by atoms with van der Waals surface area (Å²) in [5.74, 6) is 1.25. The van der Waals surface area contributed by atoms with E-state index in [1.54, 1.807) is 0 Å². The molecule has 0 aromatic carbocycles. The van der Waals surface area contributed by atoms with Gasteiger partial charge in [-0.3, -0.25) is 4.68 Å². The van der Waals surface area contributed by atoms with Gasteiger partial charge in [0.05, 0.1) is 5.69 Å². The van der Waals surface area contributed by atoms with E-state index in [1.165, 1.54) is 0 Å². The molecule has 1 rings (SSSR count). The number of hydrogen-bond acceptors (Lipinski definition) is 2. The van der Waals surface area contributed by atoms with E-state index >= 15 is 0 Å². The molecule has 0 radical (unpaired) electrons. The third kappa shape index (κ3) is 2.52. The van der Waals surface area contributed by atoms with Crippen LogP contribution in [0.5, 0.6) is 5.75 Å². The lowest BCUT2D eigenvalue weighted by Gasteiger charge is -2.07. The van der Waals surface area contributed by atoms with E-state index in [-0.39, 0.29) is 0 Å². The molecule has 3 nitrogen and oxygen atoms in total. The maximum absolute atomic E-state index is 10.1. The van der Waals surface area contributed by atoms with Gasteiger partial charge >= 0.3 is 0 Å². The van der Waals surface area contributed by atoms with Crippen LogP contribution in [0.25, 0.3) is 0 Å². The molecule has 0 aliphatic rings. The van der Waals surface area contributed by atoms with Gasteiger partial charge < -0.3 is 5.11 Å². The number of rotatable bonds is 4. The Balaban J connectivity index is 3.10. The molecule has 0 bridgehead atoms. The molecule has 15 heavy (non-hydrogen) atoms. The largest absolute Gasteiger partial charge is 0.504 e. The third-order valence-corrected chi connectivity index (χ3v) is 2.48. The Morgan fingerprint density at radius 1 is 1.27 bits per heavy atom. The molecule has 1 aromatic rings. The average Bonchev–Trinajstić information content (AvgIpc) is 2.42. The summed E-state index contributed by atoms with van der Waals surface area (Å²) in [7, 11) is 0. The van der Waals surface area contributed by atoms with Gasteiger partial charge in [-0.25, -0.2) is 0 Å². The smallest absolute Gasteiger partial charge is 0.160 e. The zero-order valence-electron chi connectivity index (χ0n) is 10.4. The van der Waals surface area contributed by atoms with Gasteiger partial charge in [-0.05, 0) is 25.2 Å². The number of aromatic hydroxyl groups is 1. The van der Waals surface area contributed by atoms with E-state index in [9.17, 15) is 5.11 Å². The predicted octanol–water partition coefficient (Wildman–Crippen LogP) is 2.93. The summed E-state index contributed by atoms with van der Waals surface area (Å²) in [4.78, 5) is 0. The number of hydrogen-bond donors (Lipinski definition) is 1. The zero-order chi connectivity index (χ0) is 11.6. The maximum atomic E-state index is 10.1. The fourth-order valence-corrected chi connectivity index (χ4v) is 1.85. The van der Waals surface area contributed by atoms with Crippen LogP contribution in [0.2, 0.25) is 0 Å². The molecule has 0 unspecified atom stereocenters. The molecule has 0 aliphatic heterocycles. The second kappa shape index (κ2) is 4.69. The highest BCUT2D eigenvalue weighted by atomic mass is 16.3. The van der Waals surface area contributed by atoms with Crippen LogP contribution < -0.4 is 0 Å². The fraction of sp³-hybridized carbons (Fsp3) is 0.750. The first-order chi connectivity index (χ1) is 6.97. The summed E-state index contributed by atoms with van der Waals surface area (Å²) in [5.41, 5.74) is 1.81. The summed E-state index contributed by atoms with van der Waals surface area (Å²) in [6, 6.07) is 0.